The second kappa shape index (κ2) is 10.5. The van der Waals surface area contributed by atoms with Crippen molar-refractivity contribution < 1.29 is 28.8 Å². The molecule has 2 rings (SSSR count). The largest absolute Gasteiger partial charge is 0.462 e. The number of ether oxygens (including phenoxy) is 2. The normalized spacial score (nSPS) is 14.5. The molecule has 0 atom stereocenters. The van der Waals surface area contributed by atoms with Crippen molar-refractivity contribution in [1.29, 1.82) is 0 Å². The van der Waals surface area contributed by atoms with E-state index >= 15 is 0 Å². The van der Waals surface area contributed by atoms with Crippen LogP contribution in [0.1, 0.15) is 23.7 Å². The van der Waals surface area contributed by atoms with Gasteiger partial charge in [-0.1, -0.05) is 0 Å². The van der Waals surface area contributed by atoms with Crippen LogP contribution in [0.2, 0.25) is 0 Å². The van der Waals surface area contributed by atoms with E-state index in [1.807, 2.05) is 0 Å². The molecule has 1 fully saturated rings. The molecule has 0 aliphatic carbocycles. The fourth-order valence-electron chi connectivity index (χ4n) is 2.62. The predicted octanol–water partition coefficient (Wildman–Crippen LogP) is -0.777. The van der Waals surface area contributed by atoms with E-state index in [1.165, 1.54) is 17.0 Å². The van der Waals surface area contributed by atoms with Crippen molar-refractivity contribution in [3.05, 3.63) is 29.8 Å². The average Bonchev–Trinajstić information content (AvgIpc) is 2.66. The standard InChI is InChI=1S/C18H25N3O5/c1-2-26-18(24)14-4-6-15(7-5-14)20-17(23)16(22)19-8-3-9-21-10-12-25-13-11-21/h4-7H,2-3,8-13H2,1H3,(H,19,22)(H,20,23)/p+1. The minimum Gasteiger partial charge on any atom is -0.462 e. The first-order chi connectivity index (χ1) is 12.6. The summed E-state index contributed by atoms with van der Waals surface area (Å²) in [5.74, 6) is -1.82. The van der Waals surface area contributed by atoms with E-state index in [0.29, 0.717) is 24.4 Å². The Labute approximate surface area is 152 Å². The van der Waals surface area contributed by atoms with Crippen LogP contribution in [0.3, 0.4) is 0 Å². The minimum absolute atomic E-state index is 0.296. The summed E-state index contributed by atoms with van der Waals surface area (Å²) in [4.78, 5) is 36.7. The first kappa shape index (κ1) is 19.9. The van der Waals surface area contributed by atoms with Gasteiger partial charge >= 0.3 is 17.8 Å². The molecular weight excluding hydrogens is 338 g/mol. The highest BCUT2D eigenvalue weighted by molar-refractivity contribution is 6.39. The highest BCUT2D eigenvalue weighted by atomic mass is 16.5. The number of esters is 1. The third kappa shape index (κ3) is 6.45. The molecule has 1 heterocycles. The molecule has 142 valence electrons. The molecule has 0 radical (unpaired) electrons. The van der Waals surface area contributed by atoms with Gasteiger partial charge in [0, 0.05) is 18.7 Å². The molecule has 8 nitrogen and oxygen atoms in total. The topological polar surface area (TPSA) is 98.2 Å². The summed E-state index contributed by atoms with van der Waals surface area (Å²) in [5.41, 5.74) is 0.830. The maximum Gasteiger partial charge on any atom is 0.338 e. The maximum absolute atomic E-state index is 11.9. The molecule has 1 aliphatic heterocycles. The van der Waals surface area contributed by atoms with Crippen molar-refractivity contribution in [1.82, 2.24) is 5.32 Å². The fraction of sp³-hybridized carbons (Fsp3) is 0.500. The SMILES string of the molecule is CCOC(=O)c1ccc(NC(=O)C(=O)NCCC[NH+]2CCOCC2)cc1. The number of benzene rings is 1. The summed E-state index contributed by atoms with van der Waals surface area (Å²) in [7, 11) is 0. The van der Waals surface area contributed by atoms with Crippen LogP contribution < -0.4 is 15.5 Å². The summed E-state index contributed by atoms with van der Waals surface area (Å²) in [6.07, 6.45) is 0.808. The van der Waals surface area contributed by atoms with Gasteiger partial charge in [-0.05, 0) is 31.2 Å². The highest BCUT2D eigenvalue weighted by Gasteiger charge is 2.16. The zero-order chi connectivity index (χ0) is 18.8. The Morgan fingerprint density at radius 1 is 1.12 bits per heavy atom. The second-order valence-corrected chi connectivity index (χ2v) is 5.97. The van der Waals surface area contributed by atoms with E-state index in [1.54, 1.807) is 19.1 Å². The molecule has 0 bridgehead atoms. The summed E-state index contributed by atoms with van der Waals surface area (Å²) in [6, 6.07) is 6.19. The zero-order valence-electron chi connectivity index (χ0n) is 15.0. The van der Waals surface area contributed by atoms with Gasteiger partial charge in [0.2, 0.25) is 0 Å². The summed E-state index contributed by atoms with van der Waals surface area (Å²) in [5, 5.41) is 5.12. The molecule has 1 aromatic rings. The fourth-order valence-corrected chi connectivity index (χ4v) is 2.62. The monoisotopic (exact) mass is 364 g/mol. The summed E-state index contributed by atoms with van der Waals surface area (Å²) < 4.78 is 10.2. The summed E-state index contributed by atoms with van der Waals surface area (Å²) in [6.45, 7) is 6.95. The van der Waals surface area contributed by atoms with Gasteiger partial charge in [-0.25, -0.2) is 4.79 Å². The Bertz CT molecular complexity index is 612. The van der Waals surface area contributed by atoms with Crippen LogP contribution in [-0.4, -0.2) is 63.8 Å². The van der Waals surface area contributed by atoms with Gasteiger partial charge < -0.3 is 25.0 Å². The van der Waals surface area contributed by atoms with Gasteiger partial charge in [-0.3, -0.25) is 9.59 Å². The Balaban J connectivity index is 1.69. The average molecular weight is 364 g/mol. The van der Waals surface area contributed by atoms with Crippen molar-refractivity contribution in [2.45, 2.75) is 13.3 Å². The lowest BCUT2D eigenvalue weighted by molar-refractivity contribution is -0.908. The van der Waals surface area contributed by atoms with Crippen molar-refractivity contribution in [2.24, 2.45) is 0 Å². The van der Waals surface area contributed by atoms with Gasteiger partial charge in [-0.2, -0.15) is 0 Å². The molecule has 1 aliphatic rings. The third-order valence-corrected chi connectivity index (χ3v) is 4.05. The van der Waals surface area contributed by atoms with Crippen LogP contribution in [0, 0.1) is 0 Å². The summed E-state index contributed by atoms with van der Waals surface area (Å²) >= 11 is 0. The first-order valence-corrected chi connectivity index (χ1v) is 8.88. The van der Waals surface area contributed by atoms with Gasteiger partial charge in [0.25, 0.3) is 0 Å². The molecule has 1 saturated heterocycles. The quantitative estimate of drug-likeness (QED) is 0.335. The number of carbonyl (C=O) groups excluding carboxylic acids is 3. The number of hydrogen-bond donors (Lipinski definition) is 3. The van der Waals surface area contributed by atoms with Gasteiger partial charge in [0.15, 0.2) is 0 Å². The second-order valence-electron chi connectivity index (χ2n) is 5.97. The highest BCUT2D eigenvalue weighted by Crippen LogP contribution is 2.10. The number of nitrogens with one attached hydrogen (secondary N) is 3. The predicted molar refractivity (Wildman–Crippen MR) is 95.0 cm³/mol. The van der Waals surface area contributed by atoms with Crippen molar-refractivity contribution >= 4 is 23.5 Å². The number of hydrogen-bond acceptors (Lipinski definition) is 5. The van der Waals surface area contributed by atoms with Crippen molar-refractivity contribution in [3.8, 4) is 0 Å². The molecule has 0 spiro atoms. The Hall–Kier alpha value is -2.45. The van der Waals surface area contributed by atoms with Crippen LogP contribution in [0.25, 0.3) is 0 Å². The number of rotatable bonds is 7. The lowest BCUT2D eigenvalue weighted by Gasteiger charge is -2.23. The van der Waals surface area contributed by atoms with Gasteiger partial charge in [-0.15, -0.1) is 0 Å². The molecule has 2 amide bonds. The van der Waals surface area contributed by atoms with Crippen molar-refractivity contribution in [2.75, 3.05) is 51.3 Å². The van der Waals surface area contributed by atoms with Crippen LogP contribution in [-0.2, 0) is 19.1 Å². The smallest absolute Gasteiger partial charge is 0.338 e. The number of amides is 2. The van der Waals surface area contributed by atoms with E-state index in [2.05, 4.69) is 10.6 Å². The third-order valence-electron chi connectivity index (χ3n) is 4.05. The molecule has 0 saturated carbocycles. The van der Waals surface area contributed by atoms with Crippen LogP contribution in [0.15, 0.2) is 24.3 Å². The number of morpholine rings is 1. The first-order valence-electron chi connectivity index (χ1n) is 8.88. The van der Waals surface area contributed by atoms with E-state index in [-0.39, 0.29) is 0 Å². The number of carbonyl (C=O) groups is 3. The molecule has 3 N–H and O–H groups in total. The number of quaternary nitrogens is 1. The van der Waals surface area contributed by atoms with Crippen LogP contribution in [0.5, 0.6) is 0 Å². The molecular formula is C18H26N3O5+. The minimum atomic E-state index is -0.729. The van der Waals surface area contributed by atoms with E-state index in [4.69, 9.17) is 9.47 Å². The Morgan fingerprint density at radius 3 is 2.46 bits per heavy atom. The van der Waals surface area contributed by atoms with E-state index in [9.17, 15) is 14.4 Å². The zero-order valence-corrected chi connectivity index (χ0v) is 15.0. The molecule has 26 heavy (non-hydrogen) atoms. The lowest BCUT2D eigenvalue weighted by Crippen LogP contribution is -3.14. The molecule has 0 unspecified atom stereocenters. The lowest BCUT2D eigenvalue weighted by atomic mass is 10.2. The maximum atomic E-state index is 11.9. The van der Waals surface area contributed by atoms with Crippen LogP contribution >= 0.6 is 0 Å². The molecule has 1 aromatic carbocycles. The van der Waals surface area contributed by atoms with Crippen LogP contribution in [0.4, 0.5) is 5.69 Å². The molecule has 0 aromatic heterocycles. The van der Waals surface area contributed by atoms with Gasteiger partial charge in [0.1, 0.15) is 13.1 Å². The Morgan fingerprint density at radius 2 is 1.81 bits per heavy atom. The van der Waals surface area contributed by atoms with E-state index in [0.717, 1.165) is 39.3 Å². The molecule has 8 heteroatoms. The van der Waals surface area contributed by atoms with Gasteiger partial charge in [0.05, 0.1) is 31.9 Å². The van der Waals surface area contributed by atoms with Crippen molar-refractivity contribution in [3.63, 3.8) is 0 Å². The number of anilines is 1. The Kier molecular flexibility index (Phi) is 8.04. The van der Waals surface area contributed by atoms with E-state index < -0.39 is 17.8 Å².